The number of piperazine rings is 1. The lowest BCUT2D eigenvalue weighted by Gasteiger charge is -2.33. The van der Waals surface area contributed by atoms with Crippen LogP contribution in [0.5, 0.6) is 11.5 Å². The maximum Gasteiger partial charge on any atom is 0.262 e. The molecule has 2 aromatic heterocycles. The number of hydrogen-bond donors (Lipinski definition) is 2. The number of amides is 1. The predicted octanol–water partition coefficient (Wildman–Crippen LogP) is -0.0873. The second-order valence-electron chi connectivity index (χ2n) is 8.78. The van der Waals surface area contributed by atoms with E-state index in [1.54, 1.807) is 12.1 Å². The minimum atomic E-state index is -3.16. The fraction of sp³-hybridized carbons (Fsp3) is 0.435. The number of carbonyl (C=O) groups excluding carboxylic acids is 1. The Labute approximate surface area is 219 Å². The van der Waals surface area contributed by atoms with E-state index >= 15 is 0 Å². The summed E-state index contributed by atoms with van der Waals surface area (Å²) in [7, 11) is -0.216. The highest BCUT2D eigenvalue weighted by Crippen LogP contribution is 2.34. The fourth-order valence-corrected chi connectivity index (χ4v) is 4.93. The van der Waals surface area contributed by atoms with Gasteiger partial charge in [-0.05, 0) is 18.6 Å². The van der Waals surface area contributed by atoms with Gasteiger partial charge in [0.2, 0.25) is 21.9 Å². The standard InChI is InChI=1S/C23H30N8O6S/c1-29-21(33)16-5-6-17(37-12-4-7-30-8-10-31(11-9-30)38(3,34)35)19(36-2)18(16)27-23(29)28-20(32)15-13-25-22(24)26-14-15/h5-6,13-14H,4,7-12H2,1-3H3,(H2,24,25,26)(H,27,28,32). The van der Waals surface area contributed by atoms with Crippen molar-refractivity contribution >= 4 is 38.7 Å². The summed E-state index contributed by atoms with van der Waals surface area (Å²) in [5.74, 6) is 0.160. The SMILES string of the molecule is COc1c(OCCCN2CCN(S(C)(=O)=O)CC2)ccc2c(=O)n(C)c(NC(=O)c3cnc(N)nc3)nc12. The van der Waals surface area contributed by atoms with Crippen LogP contribution in [0.4, 0.5) is 11.9 Å². The largest absolute Gasteiger partial charge is 0.491 e. The molecule has 1 aromatic carbocycles. The molecule has 3 N–H and O–H groups in total. The van der Waals surface area contributed by atoms with Crippen LogP contribution in [0.2, 0.25) is 0 Å². The van der Waals surface area contributed by atoms with E-state index in [2.05, 4.69) is 25.2 Å². The third-order valence-electron chi connectivity index (χ3n) is 6.21. The van der Waals surface area contributed by atoms with Crippen LogP contribution in [0.1, 0.15) is 16.8 Å². The molecule has 1 fully saturated rings. The smallest absolute Gasteiger partial charge is 0.262 e. The van der Waals surface area contributed by atoms with Crippen molar-refractivity contribution in [1.29, 1.82) is 0 Å². The maximum atomic E-state index is 13.0. The molecule has 1 aliphatic rings. The van der Waals surface area contributed by atoms with Gasteiger partial charge in [-0.3, -0.25) is 19.5 Å². The lowest BCUT2D eigenvalue weighted by atomic mass is 10.2. The van der Waals surface area contributed by atoms with Crippen molar-refractivity contribution in [1.82, 2.24) is 28.7 Å². The van der Waals surface area contributed by atoms with Crippen LogP contribution in [0, 0.1) is 0 Å². The topological polar surface area (TPSA) is 175 Å². The van der Waals surface area contributed by atoms with E-state index in [1.807, 2.05) is 0 Å². The summed E-state index contributed by atoms with van der Waals surface area (Å²) in [5.41, 5.74) is 5.49. The molecule has 15 heteroatoms. The van der Waals surface area contributed by atoms with Crippen LogP contribution in [0.25, 0.3) is 10.9 Å². The van der Waals surface area contributed by atoms with Crippen LogP contribution in [-0.4, -0.2) is 95.7 Å². The Morgan fingerprint density at radius 1 is 1.16 bits per heavy atom. The predicted molar refractivity (Wildman–Crippen MR) is 141 cm³/mol. The van der Waals surface area contributed by atoms with Crippen molar-refractivity contribution < 1.29 is 22.7 Å². The molecule has 4 rings (SSSR count). The molecule has 3 heterocycles. The minimum absolute atomic E-state index is 0.00742. The summed E-state index contributed by atoms with van der Waals surface area (Å²) >= 11 is 0. The molecule has 0 atom stereocenters. The van der Waals surface area contributed by atoms with Crippen molar-refractivity contribution in [2.24, 2.45) is 7.05 Å². The molecule has 38 heavy (non-hydrogen) atoms. The molecule has 14 nitrogen and oxygen atoms in total. The van der Waals surface area contributed by atoms with E-state index in [0.29, 0.717) is 50.3 Å². The van der Waals surface area contributed by atoms with Gasteiger partial charge in [0.05, 0.1) is 30.9 Å². The highest BCUT2D eigenvalue weighted by Gasteiger charge is 2.23. The second-order valence-corrected chi connectivity index (χ2v) is 10.8. The molecule has 0 radical (unpaired) electrons. The fourth-order valence-electron chi connectivity index (χ4n) is 4.10. The number of aromatic nitrogens is 4. The molecule has 1 amide bonds. The lowest BCUT2D eigenvalue weighted by molar-refractivity contribution is 0.102. The lowest BCUT2D eigenvalue weighted by Crippen LogP contribution is -2.48. The monoisotopic (exact) mass is 546 g/mol. The highest BCUT2D eigenvalue weighted by atomic mass is 32.2. The number of fused-ring (bicyclic) bond motifs is 1. The number of hydrogen-bond acceptors (Lipinski definition) is 11. The van der Waals surface area contributed by atoms with E-state index in [-0.39, 0.29) is 34.3 Å². The molecule has 0 aliphatic carbocycles. The zero-order valence-electron chi connectivity index (χ0n) is 21.4. The number of rotatable bonds is 9. The zero-order valence-corrected chi connectivity index (χ0v) is 22.2. The van der Waals surface area contributed by atoms with Gasteiger partial charge in [0.15, 0.2) is 11.5 Å². The van der Waals surface area contributed by atoms with Crippen LogP contribution in [0.3, 0.4) is 0 Å². The second kappa shape index (κ2) is 11.3. The zero-order chi connectivity index (χ0) is 27.4. The van der Waals surface area contributed by atoms with E-state index < -0.39 is 15.9 Å². The summed E-state index contributed by atoms with van der Waals surface area (Å²) in [6.07, 6.45) is 4.47. The first-order valence-electron chi connectivity index (χ1n) is 11.9. The van der Waals surface area contributed by atoms with Gasteiger partial charge >= 0.3 is 0 Å². The molecule has 1 saturated heterocycles. The molecule has 0 bridgehead atoms. The van der Waals surface area contributed by atoms with E-state index in [9.17, 15) is 18.0 Å². The van der Waals surface area contributed by atoms with Crippen molar-refractivity contribution in [3.8, 4) is 11.5 Å². The van der Waals surface area contributed by atoms with Crippen molar-refractivity contribution in [2.45, 2.75) is 6.42 Å². The van der Waals surface area contributed by atoms with Gasteiger partial charge in [0, 0.05) is 52.2 Å². The highest BCUT2D eigenvalue weighted by molar-refractivity contribution is 7.88. The summed E-state index contributed by atoms with van der Waals surface area (Å²) in [6, 6.07) is 3.26. The number of nitrogens with zero attached hydrogens (tertiary/aromatic N) is 6. The Morgan fingerprint density at radius 3 is 2.47 bits per heavy atom. The van der Waals surface area contributed by atoms with Crippen molar-refractivity contribution in [3.05, 3.63) is 40.4 Å². The van der Waals surface area contributed by atoms with Gasteiger partial charge in [-0.1, -0.05) is 0 Å². The number of methoxy groups -OCH3 is 1. The summed E-state index contributed by atoms with van der Waals surface area (Å²) < 4.78 is 37.6. The van der Waals surface area contributed by atoms with Gasteiger partial charge in [-0.15, -0.1) is 0 Å². The van der Waals surface area contributed by atoms with E-state index in [4.69, 9.17) is 15.2 Å². The third kappa shape index (κ3) is 6.00. The minimum Gasteiger partial charge on any atom is -0.491 e. The Morgan fingerprint density at radius 2 is 1.84 bits per heavy atom. The van der Waals surface area contributed by atoms with Crippen LogP contribution < -0.4 is 26.1 Å². The van der Waals surface area contributed by atoms with Crippen LogP contribution >= 0.6 is 0 Å². The summed E-state index contributed by atoms with van der Waals surface area (Å²) in [4.78, 5) is 39.9. The molecule has 0 unspecified atom stereocenters. The maximum absolute atomic E-state index is 13.0. The number of carbonyl (C=O) groups is 1. The molecular formula is C23H30N8O6S. The Hall–Kier alpha value is -3.82. The molecule has 204 valence electrons. The average Bonchev–Trinajstić information content (AvgIpc) is 2.89. The first-order valence-corrected chi connectivity index (χ1v) is 13.7. The van der Waals surface area contributed by atoms with Gasteiger partial charge in [0.1, 0.15) is 5.52 Å². The van der Waals surface area contributed by atoms with Gasteiger partial charge in [-0.25, -0.2) is 23.4 Å². The number of sulfonamides is 1. The van der Waals surface area contributed by atoms with Crippen molar-refractivity contribution in [2.75, 3.05) is 63.7 Å². The number of nitrogens with two attached hydrogens (primary N) is 1. The Kier molecular flexibility index (Phi) is 8.08. The molecule has 0 spiro atoms. The number of anilines is 2. The number of benzene rings is 1. The molecule has 1 aliphatic heterocycles. The van der Waals surface area contributed by atoms with E-state index in [0.717, 1.165) is 6.54 Å². The number of nitrogens with one attached hydrogen (secondary N) is 1. The van der Waals surface area contributed by atoms with Crippen LogP contribution in [-0.2, 0) is 17.1 Å². The number of ether oxygens (including phenoxy) is 2. The first kappa shape index (κ1) is 27.2. The Bertz CT molecular complexity index is 1480. The molecule has 3 aromatic rings. The molecule has 0 saturated carbocycles. The number of nitrogen functional groups attached to an aromatic ring is 1. The summed E-state index contributed by atoms with van der Waals surface area (Å²) in [6.45, 7) is 3.40. The summed E-state index contributed by atoms with van der Waals surface area (Å²) in [5, 5.41) is 2.90. The van der Waals surface area contributed by atoms with Crippen molar-refractivity contribution in [3.63, 3.8) is 0 Å². The molecular weight excluding hydrogens is 516 g/mol. The average molecular weight is 547 g/mol. The van der Waals surface area contributed by atoms with E-state index in [1.165, 1.54) is 41.7 Å². The first-order chi connectivity index (χ1) is 18.1. The quantitative estimate of drug-likeness (QED) is 0.343. The normalized spacial score (nSPS) is 14.9. The third-order valence-corrected chi connectivity index (χ3v) is 7.51. The Balaban J connectivity index is 1.46. The van der Waals surface area contributed by atoms with Gasteiger partial charge in [0.25, 0.3) is 11.5 Å². The van der Waals surface area contributed by atoms with Crippen LogP contribution in [0.15, 0.2) is 29.3 Å². The van der Waals surface area contributed by atoms with Gasteiger partial charge < -0.3 is 20.1 Å². The van der Waals surface area contributed by atoms with Gasteiger partial charge in [-0.2, -0.15) is 4.31 Å².